The lowest BCUT2D eigenvalue weighted by atomic mass is 10.0. The summed E-state index contributed by atoms with van der Waals surface area (Å²) in [5.74, 6) is 0.375. The van der Waals surface area contributed by atoms with Crippen molar-refractivity contribution in [2.75, 3.05) is 20.3 Å². The van der Waals surface area contributed by atoms with Crippen LogP contribution in [0.4, 0.5) is 0 Å². The number of aromatic hydroxyl groups is 1. The van der Waals surface area contributed by atoms with Gasteiger partial charge in [-0.05, 0) is 45.7 Å². The molecule has 0 aliphatic rings. The van der Waals surface area contributed by atoms with E-state index in [1.807, 2.05) is 19.1 Å². The Hall–Kier alpha value is -1.06. The maximum atomic E-state index is 9.82. The molecule has 2 N–H and O–H groups in total. The van der Waals surface area contributed by atoms with Gasteiger partial charge in [0.2, 0.25) is 0 Å². The molecule has 0 saturated carbocycles. The van der Waals surface area contributed by atoms with Crippen LogP contribution in [0.2, 0.25) is 0 Å². The van der Waals surface area contributed by atoms with Crippen molar-refractivity contribution in [2.45, 2.75) is 39.2 Å². The summed E-state index contributed by atoms with van der Waals surface area (Å²) in [6.45, 7) is 5.94. The fourth-order valence-corrected chi connectivity index (χ4v) is 2.00. The molecule has 1 aromatic rings. The molecular formula is C15H25NO2. The summed E-state index contributed by atoms with van der Waals surface area (Å²) in [5, 5.41) is 13.3. The van der Waals surface area contributed by atoms with E-state index in [9.17, 15) is 5.11 Å². The van der Waals surface area contributed by atoms with Gasteiger partial charge in [0.1, 0.15) is 5.75 Å². The van der Waals surface area contributed by atoms with Crippen molar-refractivity contribution in [2.24, 2.45) is 0 Å². The lowest BCUT2D eigenvalue weighted by Gasteiger charge is -2.16. The van der Waals surface area contributed by atoms with Crippen LogP contribution in [0.25, 0.3) is 0 Å². The predicted molar refractivity (Wildman–Crippen MR) is 75.0 cm³/mol. The van der Waals surface area contributed by atoms with E-state index in [0.717, 1.165) is 31.6 Å². The molecule has 0 aliphatic heterocycles. The van der Waals surface area contributed by atoms with E-state index in [4.69, 9.17) is 4.74 Å². The second kappa shape index (κ2) is 8.11. The van der Waals surface area contributed by atoms with Crippen LogP contribution in [0.5, 0.6) is 5.75 Å². The SMILES string of the molecule is COCCCCCNC(C)c1cc(C)ccc1O. The van der Waals surface area contributed by atoms with Crippen molar-refractivity contribution in [1.82, 2.24) is 5.32 Å². The van der Waals surface area contributed by atoms with E-state index in [1.165, 1.54) is 12.0 Å². The third-order valence-electron chi connectivity index (χ3n) is 3.13. The molecule has 0 amide bonds. The van der Waals surface area contributed by atoms with E-state index in [1.54, 1.807) is 13.2 Å². The van der Waals surface area contributed by atoms with Crippen LogP contribution in [0, 0.1) is 6.92 Å². The topological polar surface area (TPSA) is 41.5 Å². The molecule has 0 aromatic heterocycles. The molecule has 0 spiro atoms. The highest BCUT2D eigenvalue weighted by atomic mass is 16.5. The van der Waals surface area contributed by atoms with Crippen molar-refractivity contribution in [3.05, 3.63) is 29.3 Å². The molecule has 18 heavy (non-hydrogen) atoms. The van der Waals surface area contributed by atoms with Gasteiger partial charge in [-0.2, -0.15) is 0 Å². The zero-order valence-electron chi connectivity index (χ0n) is 11.7. The highest BCUT2D eigenvalue weighted by molar-refractivity contribution is 5.37. The van der Waals surface area contributed by atoms with E-state index < -0.39 is 0 Å². The number of phenols is 1. The standard InChI is InChI=1S/C15H25NO2/c1-12-7-8-15(17)14(11-12)13(2)16-9-5-4-6-10-18-3/h7-8,11,13,16-17H,4-6,9-10H2,1-3H3. The van der Waals surface area contributed by atoms with Gasteiger partial charge in [0.25, 0.3) is 0 Å². The molecule has 0 radical (unpaired) electrons. The molecule has 3 heteroatoms. The molecule has 0 bridgehead atoms. The number of hydrogen-bond acceptors (Lipinski definition) is 3. The summed E-state index contributed by atoms with van der Waals surface area (Å²) in [6.07, 6.45) is 3.43. The fraction of sp³-hybridized carbons (Fsp3) is 0.600. The van der Waals surface area contributed by atoms with Crippen molar-refractivity contribution in [3.63, 3.8) is 0 Å². The Bertz CT molecular complexity index is 352. The van der Waals surface area contributed by atoms with Gasteiger partial charge in [-0.3, -0.25) is 0 Å². The minimum absolute atomic E-state index is 0.187. The summed E-state index contributed by atoms with van der Waals surface area (Å²) < 4.78 is 5.01. The lowest BCUT2D eigenvalue weighted by molar-refractivity contribution is 0.192. The summed E-state index contributed by atoms with van der Waals surface area (Å²) in [7, 11) is 1.74. The van der Waals surface area contributed by atoms with Crippen LogP contribution in [-0.2, 0) is 4.74 Å². The summed E-state index contributed by atoms with van der Waals surface area (Å²) in [6, 6.07) is 5.92. The summed E-state index contributed by atoms with van der Waals surface area (Å²) >= 11 is 0. The Morgan fingerprint density at radius 1 is 1.28 bits per heavy atom. The molecule has 102 valence electrons. The normalized spacial score (nSPS) is 12.6. The van der Waals surface area contributed by atoms with Gasteiger partial charge < -0.3 is 15.2 Å². The minimum atomic E-state index is 0.187. The van der Waals surface area contributed by atoms with Crippen LogP contribution < -0.4 is 5.32 Å². The highest BCUT2D eigenvalue weighted by Crippen LogP contribution is 2.24. The van der Waals surface area contributed by atoms with E-state index >= 15 is 0 Å². The Morgan fingerprint density at radius 3 is 2.78 bits per heavy atom. The number of phenolic OH excluding ortho intramolecular Hbond substituents is 1. The van der Waals surface area contributed by atoms with Gasteiger partial charge in [-0.1, -0.05) is 17.7 Å². The van der Waals surface area contributed by atoms with E-state index in [2.05, 4.69) is 12.2 Å². The van der Waals surface area contributed by atoms with Crippen molar-refractivity contribution >= 4 is 0 Å². The van der Waals surface area contributed by atoms with Gasteiger partial charge in [0.15, 0.2) is 0 Å². The number of rotatable bonds is 8. The van der Waals surface area contributed by atoms with E-state index in [0.29, 0.717) is 5.75 Å². The molecular weight excluding hydrogens is 226 g/mol. The van der Waals surface area contributed by atoms with Gasteiger partial charge in [-0.25, -0.2) is 0 Å². The van der Waals surface area contributed by atoms with Crippen molar-refractivity contribution < 1.29 is 9.84 Å². The Morgan fingerprint density at radius 2 is 2.06 bits per heavy atom. The number of nitrogens with one attached hydrogen (secondary N) is 1. The number of benzene rings is 1. The Balaban J connectivity index is 2.31. The molecule has 0 heterocycles. The Kier molecular flexibility index (Phi) is 6.76. The van der Waals surface area contributed by atoms with Gasteiger partial charge >= 0.3 is 0 Å². The number of ether oxygens (including phenoxy) is 1. The molecule has 0 aliphatic carbocycles. The molecule has 1 unspecified atom stereocenters. The predicted octanol–water partition coefficient (Wildman–Crippen LogP) is 3.17. The Labute approximate surface area is 110 Å². The minimum Gasteiger partial charge on any atom is -0.508 e. The first-order chi connectivity index (χ1) is 8.65. The maximum Gasteiger partial charge on any atom is 0.120 e. The number of methoxy groups -OCH3 is 1. The lowest BCUT2D eigenvalue weighted by Crippen LogP contribution is -2.20. The van der Waals surface area contributed by atoms with Gasteiger partial charge in [0, 0.05) is 25.3 Å². The molecule has 1 aromatic carbocycles. The fourth-order valence-electron chi connectivity index (χ4n) is 2.00. The van der Waals surface area contributed by atoms with Gasteiger partial charge in [-0.15, -0.1) is 0 Å². The average Bonchev–Trinajstić information content (AvgIpc) is 2.36. The third-order valence-corrected chi connectivity index (χ3v) is 3.13. The molecule has 0 fully saturated rings. The van der Waals surface area contributed by atoms with E-state index in [-0.39, 0.29) is 6.04 Å². The van der Waals surface area contributed by atoms with Crippen LogP contribution in [0.15, 0.2) is 18.2 Å². The van der Waals surface area contributed by atoms with Crippen LogP contribution in [0.1, 0.15) is 43.4 Å². The number of hydrogen-bond donors (Lipinski definition) is 2. The largest absolute Gasteiger partial charge is 0.508 e. The number of unbranched alkanes of at least 4 members (excludes halogenated alkanes) is 2. The van der Waals surface area contributed by atoms with Gasteiger partial charge in [0.05, 0.1) is 0 Å². The first-order valence-electron chi connectivity index (χ1n) is 6.67. The van der Waals surface area contributed by atoms with Crippen molar-refractivity contribution in [1.29, 1.82) is 0 Å². The number of aryl methyl sites for hydroxylation is 1. The second-order valence-corrected chi connectivity index (χ2v) is 4.79. The first kappa shape index (κ1) is 15.0. The molecule has 1 atom stereocenters. The van der Waals surface area contributed by atoms with Crippen molar-refractivity contribution in [3.8, 4) is 5.75 Å². The molecule has 0 saturated heterocycles. The monoisotopic (exact) mass is 251 g/mol. The smallest absolute Gasteiger partial charge is 0.120 e. The van der Waals surface area contributed by atoms with Crippen LogP contribution >= 0.6 is 0 Å². The summed E-state index contributed by atoms with van der Waals surface area (Å²) in [5.41, 5.74) is 2.16. The second-order valence-electron chi connectivity index (χ2n) is 4.79. The van der Waals surface area contributed by atoms with Crippen LogP contribution in [-0.4, -0.2) is 25.4 Å². The summed E-state index contributed by atoms with van der Waals surface area (Å²) in [4.78, 5) is 0. The maximum absolute atomic E-state index is 9.82. The highest BCUT2D eigenvalue weighted by Gasteiger charge is 2.09. The molecule has 1 rings (SSSR count). The average molecular weight is 251 g/mol. The third kappa shape index (κ3) is 5.07. The zero-order chi connectivity index (χ0) is 13.4. The quantitative estimate of drug-likeness (QED) is 0.697. The zero-order valence-corrected chi connectivity index (χ0v) is 11.7. The molecule has 3 nitrogen and oxygen atoms in total. The first-order valence-corrected chi connectivity index (χ1v) is 6.67. The van der Waals surface area contributed by atoms with Crippen LogP contribution in [0.3, 0.4) is 0 Å².